The number of unbranched alkanes of at least 4 members (excludes halogenated alkanes) is 1. The highest BCUT2D eigenvalue weighted by Gasteiger charge is 2.51. The first-order chi connectivity index (χ1) is 10.6. The molecule has 0 saturated carbocycles. The van der Waals surface area contributed by atoms with Crippen LogP contribution >= 0.6 is 0 Å². The van der Waals surface area contributed by atoms with Crippen LogP contribution in [0.15, 0.2) is 0 Å². The van der Waals surface area contributed by atoms with Gasteiger partial charge in [-0.3, -0.25) is 0 Å². The molecule has 0 aromatic rings. The summed E-state index contributed by atoms with van der Waals surface area (Å²) in [4.78, 5) is 10.7. The number of alkyl halides is 4. The van der Waals surface area contributed by atoms with Gasteiger partial charge in [0.25, 0.3) is 0 Å². The Morgan fingerprint density at radius 2 is 1.54 bits per heavy atom. The van der Waals surface area contributed by atoms with E-state index in [9.17, 15) is 30.8 Å². The first-order valence-corrected chi connectivity index (χ1v) is 9.40. The van der Waals surface area contributed by atoms with Crippen LogP contribution in [0.25, 0.3) is 0 Å². The van der Waals surface area contributed by atoms with E-state index in [2.05, 4.69) is 0 Å². The second kappa shape index (κ2) is 8.46. The van der Waals surface area contributed by atoms with E-state index in [0.717, 1.165) is 0 Å². The average molecular weight is 380 g/mol. The number of likely N-dealkylation sites (N-methyl/N-ethyl adjacent to an activating group) is 1. The van der Waals surface area contributed by atoms with Crippen molar-refractivity contribution in [1.82, 2.24) is 0 Å². The largest absolute Gasteiger partial charge is 0.477 e. The Morgan fingerprint density at radius 3 is 2.00 bits per heavy atom. The van der Waals surface area contributed by atoms with Gasteiger partial charge in [-0.15, -0.1) is 0 Å². The maximum Gasteiger partial charge on any atom is 0.422 e. The van der Waals surface area contributed by atoms with Crippen LogP contribution in [-0.2, 0) is 14.6 Å². The molecule has 24 heavy (non-hydrogen) atoms. The summed E-state index contributed by atoms with van der Waals surface area (Å²) >= 11 is 0. The van der Waals surface area contributed by atoms with Crippen LogP contribution in [0.2, 0.25) is 0 Å². The molecule has 1 N–H and O–H groups in total. The topological polar surface area (TPSA) is 71.4 Å². The predicted octanol–water partition coefficient (Wildman–Crippen LogP) is 2.41. The van der Waals surface area contributed by atoms with Gasteiger partial charge in [-0.25, -0.2) is 17.6 Å². The summed E-state index contributed by atoms with van der Waals surface area (Å²) in [5.41, 5.74) is -3.39. The second-order valence-electron chi connectivity index (χ2n) is 6.87. The number of rotatable bonds is 11. The standard InChI is InChI=1S/C14H25F4NO4S/c1-13(15,14(16,17)18)7-6-10-24(22,23)9-5-4-8-19(2,3)11-12(20)21/h4-11H2,1-3H3/p+1. The highest BCUT2D eigenvalue weighted by molar-refractivity contribution is 7.91. The number of quaternary nitrogens is 1. The zero-order valence-corrected chi connectivity index (χ0v) is 15.0. The lowest BCUT2D eigenvalue weighted by Crippen LogP contribution is -2.44. The molecule has 144 valence electrons. The summed E-state index contributed by atoms with van der Waals surface area (Å²) < 4.78 is 74.1. The van der Waals surface area contributed by atoms with E-state index < -0.39 is 46.2 Å². The minimum absolute atomic E-state index is 0.0841. The zero-order valence-electron chi connectivity index (χ0n) is 14.2. The average Bonchev–Trinajstić information content (AvgIpc) is 2.31. The zero-order chi connectivity index (χ0) is 19.2. The van der Waals surface area contributed by atoms with E-state index in [1.165, 1.54) is 0 Å². The summed E-state index contributed by atoms with van der Waals surface area (Å²) in [5, 5.41) is 8.73. The molecule has 0 rings (SSSR count). The quantitative estimate of drug-likeness (QED) is 0.339. The Kier molecular flexibility index (Phi) is 8.14. The maximum absolute atomic E-state index is 13.3. The van der Waals surface area contributed by atoms with Crippen LogP contribution in [-0.4, -0.2) is 74.5 Å². The molecule has 0 aliphatic heterocycles. The van der Waals surface area contributed by atoms with E-state index in [-0.39, 0.29) is 23.2 Å². The van der Waals surface area contributed by atoms with E-state index in [4.69, 9.17) is 5.11 Å². The van der Waals surface area contributed by atoms with Gasteiger partial charge in [0.1, 0.15) is 9.84 Å². The number of carbonyl (C=O) groups is 1. The van der Waals surface area contributed by atoms with Crippen LogP contribution in [0.3, 0.4) is 0 Å². The lowest BCUT2D eigenvalue weighted by Gasteiger charge is -2.27. The number of hydrogen-bond acceptors (Lipinski definition) is 3. The fraction of sp³-hybridized carbons (Fsp3) is 0.929. The molecular formula is C14H26F4NO4S+. The third-order valence-electron chi connectivity index (χ3n) is 3.72. The summed E-state index contributed by atoms with van der Waals surface area (Å²) in [5.74, 6) is -1.64. The Labute approximate surface area is 140 Å². The lowest BCUT2D eigenvalue weighted by atomic mass is 10.0. The Balaban J connectivity index is 4.18. The fourth-order valence-corrected chi connectivity index (χ4v) is 3.61. The van der Waals surface area contributed by atoms with Crippen LogP contribution in [0.5, 0.6) is 0 Å². The number of hydrogen-bond donors (Lipinski definition) is 1. The number of carboxylic acids is 1. The summed E-state index contributed by atoms with van der Waals surface area (Å²) in [6.07, 6.45) is -5.53. The summed E-state index contributed by atoms with van der Waals surface area (Å²) in [6.45, 7) is 0.791. The van der Waals surface area contributed by atoms with Gasteiger partial charge < -0.3 is 9.59 Å². The van der Waals surface area contributed by atoms with E-state index in [1.54, 1.807) is 14.1 Å². The van der Waals surface area contributed by atoms with E-state index in [0.29, 0.717) is 19.9 Å². The SMILES string of the molecule is CC(F)(CCCS(=O)(=O)CCCC[N+](C)(C)CC(=O)O)C(F)(F)F. The van der Waals surface area contributed by atoms with Gasteiger partial charge in [0.15, 0.2) is 6.54 Å². The van der Waals surface area contributed by atoms with Crippen molar-refractivity contribution < 1.29 is 40.4 Å². The Morgan fingerprint density at radius 1 is 1.04 bits per heavy atom. The highest BCUT2D eigenvalue weighted by Crippen LogP contribution is 2.37. The van der Waals surface area contributed by atoms with Gasteiger partial charge in [0.05, 0.1) is 32.1 Å². The molecule has 0 fully saturated rings. The number of halogens is 4. The molecule has 0 saturated heterocycles. The van der Waals surface area contributed by atoms with Crippen molar-refractivity contribution in [3.05, 3.63) is 0 Å². The van der Waals surface area contributed by atoms with Gasteiger partial charge >= 0.3 is 12.1 Å². The molecule has 10 heteroatoms. The van der Waals surface area contributed by atoms with Crippen molar-refractivity contribution in [2.24, 2.45) is 0 Å². The first-order valence-electron chi connectivity index (χ1n) is 7.58. The molecular weight excluding hydrogens is 354 g/mol. The third kappa shape index (κ3) is 9.41. The summed E-state index contributed by atoms with van der Waals surface area (Å²) in [7, 11) is -0.127. The van der Waals surface area contributed by atoms with Gasteiger partial charge in [0.2, 0.25) is 5.67 Å². The minimum Gasteiger partial charge on any atom is -0.477 e. The molecule has 0 radical (unpaired) electrons. The molecule has 0 bridgehead atoms. The molecule has 0 heterocycles. The van der Waals surface area contributed by atoms with Crippen LogP contribution in [0.1, 0.15) is 32.6 Å². The van der Waals surface area contributed by atoms with E-state index in [1.807, 2.05) is 0 Å². The monoisotopic (exact) mass is 380 g/mol. The molecule has 1 atom stereocenters. The first kappa shape index (κ1) is 23.1. The molecule has 0 amide bonds. The van der Waals surface area contributed by atoms with Gasteiger partial charge in [0, 0.05) is 0 Å². The molecule has 5 nitrogen and oxygen atoms in total. The minimum atomic E-state index is -5.01. The van der Waals surface area contributed by atoms with E-state index >= 15 is 0 Å². The fourth-order valence-electron chi connectivity index (χ4n) is 2.17. The smallest absolute Gasteiger partial charge is 0.422 e. The van der Waals surface area contributed by atoms with Crippen molar-refractivity contribution in [2.45, 2.75) is 44.5 Å². The van der Waals surface area contributed by atoms with Gasteiger partial charge in [-0.2, -0.15) is 13.2 Å². The van der Waals surface area contributed by atoms with Crippen molar-refractivity contribution in [3.8, 4) is 0 Å². The van der Waals surface area contributed by atoms with Crippen molar-refractivity contribution >= 4 is 15.8 Å². The molecule has 0 aromatic carbocycles. The van der Waals surface area contributed by atoms with Crippen LogP contribution < -0.4 is 0 Å². The molecule has 1 unspecified atom stereocenters. The van der Waals surface area contributed by atoms with Crippen molar-refractivity contribution in [1.29, 1.82) is 0 Å². The van der Waals surface area contributed by atoms with Crippen molar-refractivity contribution in [2.75, 3.05) is 38.7 Å². The molecule has 0 aromatic heterocycles. The number of nitrogens with zero attached hydrogens (tertiary/aromatic N) is 1. The number of aliphatic carboxylic acids is 1. The lowest BCUT2D eigenvalue weighted by molar-refractivity contribution is -0.883. The Bertz CT molecular complexity index is 515. The third-order valence-corrected chi connectivity index (χ3v) is 5.55. The van der Waals surface area contributed by atoms with Gasteiger partial charge in [-0.1, -0.05) is 0 Å². The second-order valence-corrected chi connectivity index (χ2v) is 9.17. The Hall–Kier alpha value is -0.900. The van der Waals surface area contributed by atoms with Gasteiger partial charge in [-0.05, 0) is 32.6 Å². The van der Waals surface area contributed by atoms with Crippen LogP contribution in [0.4, 0.5) is 17.6 Å². The normalized spacial score (nSPS) is 16.0. The number of sulfone groups is 1. The van der Waals surface area contributed by atoms with Crippen molar-refractivity contribution in [3.63, 3.8) is 0 Å². The van der Waals surface area contributed by atoms with Crippen LogP contribution in [0, 0.1) is 0 Å². The molecule has 0 spiro atoms. The summed E-state index contributed by atoms with van der Waals surface area (Å²) in [6, 6.07) is 0. The predicted molar refractivity (Wildman–Crippen MR) is 82.2 cm³/mol. The number of carboxylic acid groups (broad SMARTS) is 1. The highest BCUT2D eigenvalue weighted by atomic mass is 32.2. The molecule has 0 aliphatic rings. The molecule has 0 aliphatic carbocycles. The maximum atomic E-state index is 13.3.